The molecular weight excluding hydrogens is 368 g/mol. The molecular formula is C23H28N2O4. The Balaban J connectivity index is 1.46. The van der Waals surface area contributed by atoms with E-state index in [1.165, 1.54) is 11.3 Å². The molecule has 6 nitrogen and oxygen atoms in total. The fourth-order valence-electron chi connectivity index (χ4n) is 4.66. The maximum absolute atomic E-state index is 13.2. The molecule has 0 spiro atoms. The highest BCUT2D eigenvalue weighted by molar-refractivity contribution is 5.95. The smallest absolute Gasteiger partial charge is 0.303 e. The van der Waals surface area contributed by atoms with Gasteiger partial charge in [-0.25, -0.2) is 0 Å². The van der Waals surface area contributed by atoms with E-state index in [0.29, 0.717) is 36.9 Å². The Labute approximate surface area is 171 Å². The van der Waals surface area contributed by atoms with Crippen LogP contribution in [0.1, 0.15) is 54.3 Å². The molecule has 2 unspecified atom stereocenters. The lowest BCUT2D eigenvalue weighted by Crippen LogP contribution is -2.40. The highest BCUT2D eigenvalue weighted by atomic mass is 16.4. The zero-order chi connectivity index (χ0) is 20.4. The topological polar surface area (TPSA) is 74.0 Å². The van der Waals surface area contributed by atoms with Gasteiger partial charge in [-0.3, -0.25) is 9.59 Å². The molecule has 6 heteroatoms. The summed E-state index contributed by atoms with van der Waals surface area (Å²) in [5.41, 5.74) is 3.17. The summed E-state index contributed by atoms with van der Waals surface area (Å²) < 4.78 is 5.74. The first-order chi connectivity index (χ1) is 14.0. The number of benzene rings is 1. The number of piperidine rings is 1. The molecule has 3 heterocycles. The van der Waals surface area contributed by atoms with Crippen molar-refractivity contribution in [1.29, 1.82) is 0 Å². The predicted molar refractivity (Wildman–Crippen MR) is 110 cm³/mol. The summed E-state index contributed by atoms with van der Waals surface area (Å²) in [7, 11) is 0. The van der Waals surface area contributed by atoms with E-state index in [2.05, 4.69) is 30.0 Å². The molecule has 2 aliphatic heterocycles. The second-order valence-corrected chi connectivity index (χ2v) is 8.26. The average molecular weight is 396 g/mol. The Bertz CT molecular complexity index is 891. The van der Waals surface area contributed by atoms with Crippen molar-refractivity contribution >= 4 is 17.6 Å². The van der Waals surface area contributed by atoms with Gasteiger partial charge in [0.25, 0.3) is 5.91 Å². The average Bonchev–Trinajstić information content (AvgIpc) is 3.31. The van der Waals surface area contributed by atoms with Gasteiger partial charge in [0, 0.05) is 31.2 Å². The molecule has 1 N–H and O–H groups in total. The quantitative estimate of drug-likeness (QED) is 0.800. The number of rotatable bonds is 6. The first-order valence-electron chi connectivity index (χ1n) is 10.4. The number of carbonyl (C=O) groups excluding carboxylic acids is 1. The molecule has 1 aromatic heterocycles. The summed E-state index contributed by atoms with van der Waals surface area (Å²) in [6, 6.07) is 10.5. The standard InChI is InChI=1S/C23H28N2O4/c1-16-13-18-6-2-3-7-20(18)25(16)15-21-19(10-12-29-21)23(28)24-11-4-5-17(14-24)8-9-22(26)27/h2-3,6-7,10,12,16-17H,4-5,8-9,11,13-15H2,1H3,(H,26,27). The lowest BCUT2D eigenvalue weighted by Gasteiger charge is -2.33. The maximum Gasteiger partial charge on any atom is 0.303 e. The van der Waals surface area contributed by atoms with E-state index in [4.69, 9.17) is 9.52 Å². The molecule has 0 saturated carbocycles. The van der Waals surface area contributed by atoms with Crippen LogP contribution in [-0.4, -0.2) is 41.0 Å². The number of nitrogens with zero attached hydrogens (tertiary/aromatic N) is 2. The first kappa shape index (κ1) is 19.6. The molecule has 2 aromatic rings. The van der Waals surface area contributed by atoms with Gasteiger partial charge in [-0.1, -0.05) is 18.2 Å². The predicted octanol–water partition coefficient (Wildman–Crippen LogP) is 3.95. The van der Waals surface area contributed by atoms with Crippen molar-refractivity contribution in [1.82, 2.24) is 4.90 Å². The monoisotopic (exact) mass is 396 g/mol. The van der Waals surface area contributed by atoms with E-state index in [1.807, 2.05) is 11.0 Å². The second-order valence-electron chi connectivity index (χ2n) is 8.26. The molecule has 1 aromatic carbocycles. The Morgan fingerprint density at radius 1 is 1.24 bits per heavy atom. The van der Waals surface area contributed by atoms with Gasteiger partial charge < -0.3 is 19.3 Å². The van der Waals surface area contributed by atoms with Gasteiger partial charge in [0.15, 0.2) is 0 Å². The molecule has 4 rings (SSSR count). The molecule has 2 atom stereocenters. The third-order valence-electron chi connectivity index (χ3n) is 6.21. The van der Waals surface area contributed by atoms with E-state index in [1.54, 1.807) is 12.3 Å². The lowest BCUT2D eigenvalue weighted by atomic mass is 9.93. The fourth-order valence-corrected chi connectivity index (χ4v) is 4.66. The zero-order valence-corrected chi connectivity index (χ0v) is 16.8. The SMILES string of the molecule is CC1Cc2ccccc2N1Cc1occc1C(=O)N1CCCC(CCC(=O)O)C1. The van der Waals surface area contributed by atoms with Crippen LogP contribution in [-0.2, 0) is 17.8 Å². The van der Waals surface area contributed by atoms with E-state index in [-0.39, 0.29) is 18.2 Å². The molecule has 2 aliphatic rings. The van der Waals surface area contributed by atoms with Crippen LogP contribution in [0.25, 0.3) is 0 Å². The summed E-state index contributed by atoms with van der Waals surface area (Å²) in [4.78, 5) is 28.2. The number of anilines is 1. The minimum absolute atomic E-state index is 0.00564. The van der Waals surface area contributed by atoms with Gasteiger partial charge >= 0.3 is 5.97 Å². The van der Waals surface area contributed by atoms with Gasteiger partial charge in [0.05, 0.1) is 18.4 Å². The lowest BCUT2D eigenvalue weighted by molar-refractivity contribution is -0.137. The van der Waals surface area contributed by atoms with Crippen LogP contribution >= 0.6 is 0 Å². The van der Waals surface area contributed by atoms with Gasteiger partial charge in [-0.15, -0.1) is 0 Å². The Morgan fingerprint density at radius 2 is 2.07 bits per heavy atom. The molecule has 0 aliphatic carbocycles. The number of hydrogen-bond acceptors (Lipinski definition) is 4. The van der Waals surface area contributed by atoms with Crippen LogP contribution in [0.3, 0.4) is 0 Å². The van der Waals surface area contributed by atoms with Gasteiger partial charge in [0.1, 0.15) is 5.76 Å². The summed E-state index contributed by atoms with van der Waals surface area (Å²) in [5.74, 6) is 0.176. The number of hydrogen-bond donors (Lipinski definition) is 1. The Hall–Kier alpha value is -2.76. The number of para-hydroxylation sites is 1. The van der Waals surface area contributed by atoms with Crippen LogP contribution in [0.2, 0.25) is 0 Å². The largest absolute Gasteiger partial charge is 0.481 e. The number of aliphatic carboxylic acids is 1. The summed E-state index contributed by atoms with van der Waals surface area (Å²) in [6.07, 6.45) is 5.28. The molecule has 154 valence electrons. The normalized spacial score (nSPS) is 21.3. The minimum Gasteiger partial charge on any atom is -0.481 e. The van der Waals surface area contributed by atoms with Gasteiger partial charge in [0.2, 0.25) is 0 Å². The van der Waals surface area contributed by atoms with Crippen LogP contribution < -0.4 is 4.90 Å². The summed E-state index contributed by atoms with van der Waals surface area (Å²) in [5, 5.41) is 8.94. The molecule has 1 amide bonds. The highest BCUT2D eigenvalue weighted by Crippen LogP contribution is 2.34. The van der Waals surface area contributed by atoms with Crippen molar-refractivity contribution in [3.8, 4) is 0 Å². The van der Waals surface area contributed by atoms with Gasteiger partial charge in [-0.05, 0) is 56.2 Å². The molecule has 1 saturated heterocycles. The summed E-state index contributed by atoms with van der Waals surface area (Å²) >= 11 is 0. The maximum atomic E-state index is 13.2. The minimum atomic E-state index is -0.773. The Kier molecular flexibility index (Phi) is 5.60. The van der Waals surface area contributed by atoms with Crippen molar-refractivity contribution in [2.24, 2.45) is 5.92 Å². The van der Waals surface area contributed by atoms with Crippen LogP contribution in [0, 0.1) is 5.92 Å². The number of fused-ring (bicyclic) bond motifs is 1. The number of furan rings is 1. The zero-order valence-electron chi connectivity index (χ0n) is 16.8. The van der Waals surface area contributed by atoms with E-state index >= 15 is 0 Å². The molecule has 29 heavy (non-hydrogen) atoms. The van der Waals surface area contributed by atoms with Crippen molar-refractivity contribution < 1.29 is 19.1 Å². The third-order valence-corrected chi connectivity index (χ3v) is 6.21. The highest BCUT2D eigenvalue weighted by Gasteiger charge is 2.30. The number of carboxylic acid groups (broad SMARTS) is 1. The second kappa shape index (κ2) is 8.31. The van der Waals surface area contributed by atoms with Crippen LogP contribution in [0.4, 0.5) is 5.69 Å². The molecule has 0 bridgehead atoms. The van der Waals surface area contributed by atoms with Gasteiger partial charge in [-0.2, -0.15) is 0 Å². The molecule has 1 fully saturated rings. The third kappa shape index (κ3) is 4.16. The number of carboxylic acids is 1. The van der Waals surface area contributed by atoms with Crippen LogP contribution in [0.5, 0.6) is 0 Å². The van der Waals surface area contributed by atoms with Crippen molar-refractivity contribution in [2.75, 3.05) is 18.0 Å². The fraction of sp³-hybridized carbons (Fsp3) is 0.478. The Morgan fingerprint density at radius 3 is 2.90 bits per heavy atom. The van der Waals surface area contributed by atoms with Crippen LogP contribution in [0.15, 0.2) is 41.0 Å². The summed E-state index contributed by atoms with van der Waals surface area (Å²) in [6.45, 7) is 4.11. The number of carbonyl (C=O) groups is 2. The number of likely N-dealkylation sites (tertiary alicyclic amines) is 1. The van der Waals surface area contributed by atoms with E-state index in [0.717, 1.165) is 25.8 Å². The van der Waals surface area contributed by atoms with Crippen molar-refractivity contribution in [3.05, 3.63) is 53.5 Å². The molecule has 0 radical (unpaired) electrons. The van der Waals surface area contributed by atoms with Crippen molar-refractivity contribution in [3.63, 3.8) is 0 Å². The van der Waals surface area contributed by atoms with Crippen molar-refractivity contribution in [2.45, 2.75) is 51.6 Å². The first-order valence-corrected chi connectivity index (χ1v) is 10.4. The van der Waals surface area contributed by atoms with E-state index < -0.39 is 5.97 Å². The number of amides is 1. The van der Waals surface area contributed by atoms with E-state index in [9.17, 15) is 9.59 Å².